The molecule has 0 spiro atoms. The molecule has 0 aliphatic carbocycles. The summed E-state index contributed by atoms with van der Waals surface area (Å²) in [4.78, 5) is 17.8. The number of piperidine rings is 1. The number of nitrogen functional groups attached to an aromatic ring is 1. The Morgan fingerprint density at radius 2 is 1.96 bits per heavy atom. The predicted octanol–water partition coefficient (Wildman–Crippen LogP) is 3.70. The number of likely N-dealkylation sites (tertiary alicyclic amines) is 1. The lowest BCUT2D eigenvalue weighted by atomic mass is 10.0. The van der Waals surface area contributed by atoms with Crippen LogP contribution in [0.25, 0.3) is 11.0 Å². The van der Waals surface area contributed by atoms with Crippen molar-refractivity contribution < 1.29 is 0 Å². The molecular formula is C21H26ClN5O. The second-order valence-electron chi connectivity index (χ2n) is 7.40. The smallest absolute Gasteiger partial charge is 0.326 e. The number of aromatic nitrogens is 2. The Labute approximate surface area is 169 Å². The van der Waals surface area contributed by atoms with Crippen molar-refractivity contribution in [2.45, 2.75) is 25.3 Å². The maximum absolute atomic E-state index is 12.4. The zero-order chi connectivity index (χ0) is 19.5. The van der Waals surface area contributed by atoms with Crippen molar-refractivity contribution in [1.29, 1.82) is 0 Å². The van der Waals surface area contributed by atoms with Crippen LogP contribution < -0.4 is 16.7 Å². The van der Waals surface area contributed by atoms with Crippen LogP contribution in [0.4, 0.5) is 11.4 Å². The molecule has 1 saturated heterocycles. The van der Waals surface area contributed by atoms with E-state index in [-0.39, 0.29) is 11.7 Å². The first kappa shape index (κ1) is 18.9. The first-order chi connectivity index (χ1) is 13.6. The van der Waals surface area contributed by atoms with Crippen LogP contribution in [0.1, 0.15) is 25.3 Å². The molecule has 4 N–H and O–H groups in total. The van der Waals surface area contributed by atoms with Crippen LogP contribution >= 0.6 is 11.6 Å². The molecular weight excluding hydrogens is 374 g/mol. The Bertz CT molecular complexity index is 1000. The normalized spacial score (nSPS) is 15.9. The number of nitrogens with two attached hydrogens (primary N) is 1. The van der Waals surface area contributed by atoms with E-state index in [2.05, 4.69) is 15.2 Å². The molecule has 4 rings (SSSR count). The number of nitrogens with one attached hydrogen (secondary N) is 2. The van der Waals surface area contributed by atoms with Crippen LogP contribution in [0.15, 0.2) is 47.3 Å². The molecule has 1 aliphatic rings. The molecule has 7 heteroatoms. The molecule has 1 aromatic heterocycles. The highest BCUT2D eigenvalue weighted by atomic mass is 35.5. The monoisotopic (exact) mass is 399 g/mol. The van der Waals surface area contributed by atoms with Crippen molar-refractivity contribution in [3.05, 3.63) is 58.0 Å². The average molecular weight is 400 g/mol. The molecule has 3 aromatic rings. The highest BCUT2D eigenvalue weighted by Crippen LogP contribution is 2.25. The molecule has 0 atom stereocenters. The number of anilines is 2. The quantitative estimate of drug-likeness (QED) is 0.436. The lowest BCUT2D eigenvalue weighted by Gasteiger charge is -2.32. The molecule has 6 nitrogen and oxygen atoms in total. The molecule has 0 saturated carbocycles. The molecule has 0 unspecified atom stereocenters. The number of imidazole rings is 1. The summed E-state index contributed by atoms with van der Waals surface area (Å²) in [5.74, 6) is 0. The van der Waals surface area contributed by atoms with Crippen LogP contribution in [0.5, 0.6) is 0 Å². The molecule has 28 heavy (non-hydrogen) atoms. The summed E-state index contributed by atoms with van der Waals surface area (Å²) in [6.45, 7) is 3.90. The van der Waals surface area contributed by atoms with Gasteiger partial charge in [0.15, 0.2) is 0 Å². The molecule has 0 bridgehead atoms. The van der Waals surface area contributed by atoms with Gasteiger partial charge in [0, 0.05) is 30.7 Å². The van der Waals surface area contributed by atoms with E-state index in [1.807, 2.05) is 41.0 Å². The van der Waals surface area contributed by atoms with Crippen LogP contribution in [0.2, 0.25) is 5.02 Å². The second-order valence-corrected chi connectivity index (χ2v) is 7.84. The minimum atomic E-state index is 0.00274. The first-order valence-electron chi connectivity index (χ1n) is 9.82. The lowest BCUT2D eigenvalue weighted by Crippen LogP contribution is -2.37. The van der Waals surface area contributed by atoms with Crippen molar-refractivity contribution in [3.8, 4) is 0 Å². The van der Waals surface area contributed by atoms with E-state index in [0.29, 0.717) is 5.02 Å². The van der Waals surface area contributed by atoms with E-state index >= 15 is 0 Å². The fourth-order valence-corrected chi connectivity index (χ4v) is 4.22. The third-order valence-corrected chi connectivity index (χ3v) is 5.76. The topological polar surface area (TPSA) is 79.1 Å². The fraction of sp³-hybridized carbons (Fsp3) is 0.381. The van der Waals surface area contributed by atoms with Crippen molar-refractivity contribution in [2.75, 3.05) is 37.2 Å². The Morgan fingerprint density at radius 3 is 2.79 bits per heavy atom. The molecule has 0 amide bonds. The number of benzene rings is 2. The van der Waals surface area contributed by atoms with Crippen LogP contribution in [-0.2, 0) is 0 Å². The second kappa shape index (κ2) is 8.29. The number of nitrogens with zero attached hydrogens (tertiary/aromatic N) is 2. The van der Waals surface area contributed by atoms with Gasteiger partial charge in [-0.15, -0.1) is 0 Å². The van der Waals surface area contributed by atoms with Gasteiger partial charge in [0.1, 0.15) is 0 Å². The first-order valence-corrected chi connectivity index (χ1v) is 10.2. The molecule has 1 aliphatic heterocycles. The maximum Gasteiger partial charge on any atom is 0.326 e. The zero-order valence-electron chi connectivity index (χ0n) is 15.8. The minimum absolute atomic E-state index is 0.00274. The predicted molar refractivity (Wildman–Crippen MR) is 116 cm³/mol. The third kappa shape index (κ3) is 4.03. The molecule has 2 heterocycles. The van der Waals surface area contributed by atoms with Gasteiger partial charge in [-0.3, -0.25) is 4.57 Å². The summed E-state index contributed by atoms with van der Waals surface area (Å²) >= 11 is 6.02. The molecule has 1 fully saturated rings. The minimum Gasteiger partial charge on any atom is -0.397 e. The van der Waals surface area contributed by atoms with Crippen LogP contribution in [-0.4, -0.2) is 40.6 Å². The van der Waals surface area contributed by atoms with Gasteiger partial charge in [-0.1, -0.05) is 23.7 Å². The number of H-pyrrole nitrogens is 1. The van der Waals surface area contributed by atoms with Gasteiger partial charge in [0.25, 0.3) is 0 Å². The summed E-state index contributed by atoms with van der Waals surface area (Å²) in [5, 5.41) is 4.05. The summed E-state index contributed by atoms with van der Waals surface area (Å²) in [6.07, 6.45) is 3.02. The standard InChI is InChI=1S/C21H26ClN5O/c22-15-6-7-17(23)19(14-15)24-10-3-11-26-12-8-16(9-13-26)27-20-5-2-1-4-18(20)25-21(27)28/h1-2,4-7,14,16,24H,3,8-13,23H2,(H,25,28). The maximum atomic E-state index is 12.4. The van der Waals surface area contributed by atoms with E-state index in [4.69, 9.17) is 17.3 Å². The lowest BCUT2D eigenvalue weighted by molar-refractivity contribution is 0.186. The van der Waals surface area contributed by atoms with Gasteiger partial charge in [-0.05, 0) is 56.1 Å². The van der Waals surface area contributed by atoms with E-state index in [1.165, 1.54) is 0 Å². The molecule has 2 aromatic carbocycles. The van der Waals surface area contributed by atoms with E-state index < -0.39 is 0 Å². The van der Waals surface area contributed by atoms with Crippen molar-refractivity contribution in [1.82, 2.24) is 14.5 Å². The Balaban J connectivity index is 1.27. The SMILES string of the molecule is Nc1ccc(Cl)cc1NCCCN1CCC(n2c(=O)[nH]c3ccccc32)CC1. The summed E-state index contributed by atoms with van der Waals surface area (Å²) in [7, 11) is 0. The Kier molecular flexibility index (Phi) is 5.59. The third-order valence-electron chi connectivity index (χ3n) is 5.53. The number of hydrogen-bond donors (Lipinski definition) is 3. The van der Waals surface area contributed by atoms with Gasteiger partial charge in [-0.25, -0.2) is 4.79 Å². The highest BCUT2D eigenvalue weighted by molar-refractivity contribution is 6.31. The zero-order valence-corrected chi connectivity index (χ0v) is 16.6. The van der Waals surface area contributed by atoms with Gasteiger partial charge in [-0.2, -0.15) is 0 Å². The highest BCUT2D eigenvalue weighted by Gasteiger charge is 2.23. The largest absolute Gasteiger partial charge is 0.397 e. The number of hydrogen-bond acceptors (Lipinski definition) is 4. The number of halogens is 1. The van der Waals surface area contributed by atoms with Crippen molar-refractivity contribution >= 4 is 34.0 Å². The number of aromatic amines is 1. The van der Waals surface area contributed by atoms with Crippen molar-refractivity contribution in [2.24, 2.45) is 0 Å². The van der Waals surface area contributed by atoms with Crippen molar-refractivity contribution in [3.63, 3.8) is 0 Å². The molecule has 148 valence electrons. The summed E-state index contributed by atoms with van der Waals surface area (Å²) in [5.41, 5.74) is 9.51. The number of fused-ring (bicyclic) bond motifs is 1. The fourth-order valence-electron chi connectivity index (χ4n) is 4.05. The van der Waals surface area contributed by atoms with E-state index in [1.54, 1.807) is 6.07 Å². The summed E-state index contributed by atoms with van der Waals surface area (Å²) < 4.78 is 1.94. The van der Waals surface area contributed by atoms with E-state index in [9.17, 15) is 4.79 Å². The number of rotatable bonds is 6. The van der Waals surface area contributed by atoms with Crippen LogP contribution in [0.3, 0.4) is 0 Å². The summed E-state index contributed by atoms with van der Waals surface area (Å²) in [6, 6.07) is 13.7. The Hall–Kier alpha value is -2.44. The number of para-hydroxylation sites is 2. The average Bonchev–Trinajstić information content (AvgIpc) is 3.04. The van der Waals surface area contributed by atoms with Gasteiger partial charge < -0.3 is 20.9 Å². The van der Waals surface area contributed by atoms with Crippen LogP contribution in [0, 0.1) is 0 Å². The van der Waals surface area contributed by atoms with E-state index in [0.717, 1.165) is 67.8 Å². The Morgan fingerprint density at radius 1 is 1.18 bits per heavy atom. The van der Waals surface area contributed by atoms with Gasteiger partial charge >= 0.3 is 5.69 Å². The van der Waals surface area contributed by atoms with Gasteiger partial charge in [0.2, 0.25) is 0 Å². The van der Waals surface area contributed by atoms with Gasteiger partial charge in [0.05, 0.1) is 22.4 Å². The molecule has 0 radical (unpaired) electrons.